The van der Waals surface area contributed by atoms with E-state index in [2.05, 4.69) is 4.98 Å². The fourth-order valence-corrected chi connectivity index (χ4v) is 3.73. The Kier molecular flexibility index (Phi) is 4.31. The molecule has 0 saturated heterocycles. The molecule has 2 heterocycles. The molecule has 0 fully saturated rings. The van der Waals surface area contributed by atoms with Crippen LogP contribution in [0.5, 0.6) is 0 Å². The van der Waals surface area contributed by atoms with Crippen molar-refractivity contribution in [3.63, 3.8) is 0 Å². The zero-order valence-corrected chi connectivity index (χ0v) is 14.0. The van der Waals surface area contributed by atoms with Crippen LogP contribution < -0.4 is 5.56 Å². The molecule has 0 bridgehead atoms. The highest BCUT2D eigenvalue weighted by molar-refractivity contribution is 7.89. The monoisotopic (exact) mass is 327 g/mol. The van der Waals surface area contributed by atoms with E-state index in [4.69, 9.17) is 0 Å². The molecule has 21 heavy (non-hydrogen) atoms. The van der Waals surface area contributed by atoms with E-state index in [1.165, 1.54) is 48.3 Å². The number of aryl methyl sites for hydroxylation is 2. The summed E-state index contributed by atoms with van der Waals surface area (Å²) in [6.45, 7) is 4.11. The van der Waals surface area contributed by atoms with Crippen molar-refractivity contribution in [2.75, 3.05) is 14.1 Å². The Bertz CT molecular complexity index is 819. The molecule has 0 aliphatic rings. The van der Waals surface area contributed by atoms with Gasteiger partial charge in [0, 0.05) is 31.2 Å². The standard InChI is InChI=1S/C13H17N3O3S2/c1-9-12(20-10(2)14-9)8-16-7-11(5-6-13(16)17)21(18,19)15(3)4/h5-7H,8H2,1-4H3. The van der Waals surface area contributed by atoms with Crippen LogP contribution in [0.3, 0.4) is 0 Å². The zero-order chi connectivity index (χ0) is 15.8. The summed E-state index contributed by atoms with van der Waals surface area (Å²) in [4.78, 5) is 17.3. The SMILES string of the molecule is Cc1nc(C)c(Cn2cc(S(=O)(=O)N(C)C)ccc2=O)s1. The largest absolute Gasteiger partial charge is 0.309 e. The molecule has 6 nitrogen and oxygen atoms in total. The first-order chi connectivity index (χ1) is 9.71. The quantitative estimate of drug-likeness (QED) is 0.846. The summed E-state index contributed by atoms with van der Waals surface area (Å²) in [5.41, 5.74) is 0.628. The molecule has 2 rings (SSSR count). The Morgan fingerprint density at radius 2 is 1.95 bits per heavy atom. The topological polar surface area (TPSA) is 72.3 Å². The molecule has 0 aliphatic heterocycles. The Balaban J connectivity index is 2.46. The third-order valence-electron chi connectivity index (χ3n) is 3.05. The van der Waals surface area contributed by atoms with Gasteiger partial charge in [0.05, 0.1) is 22.1 Å². The number of nitrogens with zero attached hydrogens (tertiary/aromatic N) is 3. The molecule has 2 aromatic heterocycles. The summed E-state index contributed by atoms with van der Waals surface area (Å²) < 4.78 is 26.8. The van der Waals surface area contributed by atoms with Crippen molar-refractivity contribution in [1.29, 1.82) is 0 Å². The molecule has 0 radical (unpaired) electrons. The van der Waals surface area contributed by atoms with Gasteiger partial charge in [0.2, 0.25) is 10.0 Å². The minimum absolute atomic E-state index is 0.103. The first-order valence-electron chi connectivity index (χ1n) is 6.27. The van der Waals surface area contributed by atoms with E-state index >= 15 is 0 Å². The summed E-state index contributed by atoms with van der Waals surface area (Å²) >= 11 is 1.51. The predicted molar refractivity (Wildman–Crippen MR) is 82.3 cm³/mol. The molecule has 2 aromatic rings. The van der Waals surface area contributed by atoms with Crippen molar-refractivity contribution in [1.82, 2.24) is 13.9 Å². The maximum absolute atomic E-state index is 12.1. The lowest BCUT2D eigenvalue weighted by molar-refractivity contribution is 0.519. The molecule has 0 aromatic carbocycles. The highest BCUT2D eigenvalue weighted by Gasteiger charge is 2.18. The number of rotatable bonds is 4. The lowest BCUT2D eigenvalue weighted by atomic mass is 10.3. The second-order valence-corrected chi connectivity index (χ2v) is 8.30. The molecule has 0 aliphatic carbocycles. The fourth-order valence-electron chi connectivity index (χ4n) is 1.87. The molecule has 0 saturated carbocycles. The number of sulfonamides is 1. The third-order valence-corrected chi connectivity index (χ3v) is 5.90. The van der Waals surface area contributed by atoms with Gasteiger partial charge >= 0.3 is 0 Å². The molecular formula is C13H17N3O3S2. The van der Waals surface area contributed by atoms with Crippen LogP contribution in [-0.4, -0.2) is 36.4 Å². The Hall–Kier alpha value is -1.51. The Labute approximate surface area is 127 Å². The van der Waals surface area contributed by atoms with Gasteiger partial charge in [0.1, 0.15) is 0 Å². The van der Waals surface area contributed by atoms with Crippen LogP contribution in [-0.2, 0) is 16.6 Å². The second kappa shape index (κ2) is 5.70. The van der Waals surface area contributed by atoms with Gasteiger partial charge in [-0.1, -0.05) is 0 Å². The van der Waals surface area contributed by atoms with Gasteiger partial charge in [-0.05, 0) is 19.9 Å². The van der Waals surface area contributed by atoms with Crippen LogP contribution in [0, 0.1) is 13.8 Å². The van der Waals surface area contributed by atoms with Gasteiger partial charge in [0.25, 0.3) is 5.56 Å². The van der Waals surface area contributed by atoms with Crippen LogP contribution >= 0.6 is 11.3 Å². The molecular weight excluding hydrogens is 310 g/mol. The highest BCUT2D eigenvalue weighted by Crippen LogP contribution is 2.18. The summed E-state index contributed by atoms with van der Waals surface area (Å²) in [7, 11) is -0.632. The molecule has 0 unspecified atom stereocenters. The van der Waals surface area contributed by atoms with Crippen LogP contribution in [0.25, 0.3) is 0 Å². The van der Waals surface area contributed by atoms with Gasteiger partial charge in [0.15, 0.2) is 0 Å². The molecule has 8 heteroatoms. The minimum atomic E-state index is -3.55. The number of hydrogen-bond acceptors (Lipinski definition) is 5. The first kappa shape index (κ1) is 15.9. The summed E-state index contributed by atoms with van der Waals surface area (Å²) in [5, 5.41) is 0.924. The maximum Gasteiger partial charge on any atom is 0.250 e. The van der Waals surface area contributed by atoms with E-state index in [0.717, 1.165) is 19.9 Å². The van der Waals surface area contributed by atoms with Gasteiger partial charge < -0.3 is 4.57 Å². The van der Waals surface area contributed by atoms with E-state index in [1.807, 2.05) is 13.8 Å². The zero-order valence-electron chi connectivity index (χ0n) is 12.3. The molecule has 0 N–H and O–H groups in total. The normalized spacial score (nSPS) is 12.0. The van der Waals surface area contributed by atoms with Gasteiger partial charge in [-0.2, -0.15) is 0 Å². The first-order valence-corrected chi connectivity index (χ1v) is 8.53. The lowest BCUT2D eigenvalue weighted by Crippen LogP contribution is -2.26. The van der Waals surface area contributed by atoms with E-state index in [-0.39, 0.29) is 10.5 Å². The average molecular weight is 327 g/mol. The predicted octanol–water partition coefficient (Wildman–Crippen LogP) is 1.22. The Morgan fingerprint density at radius 1 is 1.29 bits per heavy atom. The van der Waals surface area contributed by atoms with E-state index in [0.29, 0.717) is 6.54 Å². The molecule has 0 atom stereocenters. The van der Waals surface area contributed by atoms with Gasteiger partial charge in [-0.15, -0.1) is 11.3 Å². The van der Waals surface area contributed by atoms with Crippen molar-refractivity contribution < 1.29 is 8.42 Å². The van der Waals surface area contributed by atoms with Gasteiger partial charge in [-0.25, -0.2) is 17.7 Å². The summed E-state index contributed by atoms with van der Waals surface area (Å²) in [5.74, 6) is 0. The maximum atomic E-state index is 12.1. The molecule has 0 spiro atoms. The van der Waals surface area contributed by atoms with Crippen LogP contribution in [0.1, 0.15) is 15.6 Å². The van der Waals surface area contributed by atoms with E-state index in [9.17, 15) is 13.2 Å². The van der Waals surface area contributed by atoms with Crippen LogP contribution in [0.15, 0.2) is 28.0 Å². The van der Waals surface area contributed by atoms with E-state index in [1.54, 1.807) is 0 Å². The second-order valence-electron chi connectivity index (χ2n) is 4.86. The van der Waals surface area contributed by atoms with E-state index < -0.39 is 10.0 Å². The number of aromatic nitrogens is 2. The van der Waals surface area contributed by atoms with Crippen molar-refractivity contribution in [2.24, 2.45) is 0 Å². The average Bonchev–Trinajstić information content (AvgIpc) is 2.70. The van der Waals surface area contributed by atoms with Gasteiger partial charge in [-0.3, -0.25) is 4.79 Å². The lowest BCUT2D eigenvalue weighted by Gasteiger charge is -2.13. The summed E-state index contributed by atoms with van der Waals surface area (Å²) in [6, 6.07) is 2.61. The van der Waals surface area contributed by atoms with Crippen molar-refractivity contribution in [3.8, 4) is 0 Å². The van der Waals surface area contributed by atoms with Crippen LogP contribution in [0.4, 0.5) is 0 Å². The third kappa shape index (κ3) is 3.22. The minimum Gasteiger partial charge on any atom is -0.309 e. The Morgan fingerprint density at radius 3 is 2.48 bits per heavy atom. The number of hydrogen-bond donors (Lipinski definition) is 0. The summed E-state index contributed by atoms with van der Waals surface area (Å²) in [6.07, 6.45) is 1.38. The van der Waals surface area contributed by atoms with Crippen molar-refractivity contribution >= 4 is 21.4 Å². The number of pyridine rings is 1. The number of thiazole rings is 1. The molecule has 114 valence electrons. The highest BCUT2D eigenvalue weighted by atomic mass is 32.2. The smallest absolute Gasteiger partial charge is 0.250 e. The fraction of sp³-hybridized carbons (Fsp3) is 0.385. The van der Waals surface area contributed by atoms with Crippen molar-refractivity contribution in [2.45, 2.75) is 25.3 Å². The van der Waals surface area contributed by atoms with Crippen LogP contribution in [0.2, 0.25) is 0 Å². The molecule has 0 amide bonds. The van der Waals surface area contributed by atoms with Crippen molar-refractivity contribution in [3.05, 3.63) is 44.3 Å².